The lowest BCUT2D eigenvalue weighted by Crippen LogP contribution is -2.03. The number of benzene rings is 1. The number of halogens is 1. The van der Waals surface area contributed by atoms with Gasteiger partial charge in [0.2, 0.25) is 0 Å². The summed E-state index contributed by atoms with van der Waals surface area (Å²) in [6.07, 6.45) is 3.51. The van der Waals surface area contributed by atoms with Gasteiger partial charge < -0.3 is 9.30 Å². The maximum absolute atomic E-state index is 11.3. The van der Waals surface area contributed by atoms with E-state index in [1.54, 1.807) is 25.3 Å². The van der Waals surface area contributed by atoms with Crippen LogP contribution in [0.4, 0.5) is 0 Å². The summed E-state index contributed by atoms with van der Waals surface area (Å²) < 4.78 is 29.9. The van der Waals surface area contributed by atoms with E-state index in [1.807, 2.05) is 17.8 Å². The molecule has 7 heteroatoms. The Morgan fingerprint density at radius 3 is 2.68 bits per heavy atom. The minimum absolute atomic E-state index is 0.0958. The van der Waals surface area contributed by atoms with E-state index in [2.05, 4.69) is 4.98 Å². The van der Waals surface area contributed by atoms with Crippen LogP contribution >= 0.6 is 10.7 Å². The Balaban J connectivity index is 2.15. The van der Waals surface area contributed by atoms with Gasteiger partial charge in [-0.1, -0.05) is 0 Å². The first kappa shape index (κ1) is 13.9. The van der Waals surface area contributed by atoms with Crippen LogP contribution in [0.3, 0.4) is 0 Å². The molecular weight excluding hydrogens is 288 g/mol. The molecular formula is C12H13ClN2O3S. The third-order valence-corrected chi connectivity index (χ3v) is 4.18. The van der Waals surface area contributed by atoms with Crippen LogP contribution in [0.5, 0.6) is 5.75 Å². The molecule has 0 aliphatic rings. The van der Waals surface area contributed by atoms with Gasteiger partial charge in [-0.05, 0) is 30.7 Å². The first-order valence-electron chi connectivity index (χ1n) is 5.52. The van der Waals surface area contributed by atoms with Crippen molar-refractivity contribution < 1.29 is 13.2 Å². The lowest BCUT2D eigenvalue weighted by atomic mass is 10.2. The van der Waals surface area contributed by atoms with Gasteiger partial charge in [0, 0.05) is 30.1 Å². The molecule has 102 valence electrons. The highest BCUT2D eigenvalue weighted by molar-refractivity contribution is 8.13. The fourth-order valence-electron chi connectivity index (χ4n) is 1.67. The SMILES string of the molecule is Cc1cc(OCc2nccn2C)ccc1S(=O)(=O)Cl. The number of aromatic nitrogens is 2. The number of rotatable bonds is 4. The second-order valence-electron chi connectivity index (χ2n) is 4.11. The molecule has 5 nitrogen and oxygen atoms in total. The van der Waals surface area contributed by atoms with Gasteiger partial charge in [-0.15, -0.1) is 0 Å². The molecule has 0 atom stereocenters. The maximum atomic E-state index is 11.3. The van der Waals surface area contributed by atoms with E-state index < -0.39 is 9.05 Å². The van der Waals surface area contributed by atoms with Crippen molar-refractivity contribution in [1.29, 1.82) is 0 Å². The van der Waals surface area contributed by atoms with Crippen molar-refractivity contribution in [3.63, 3.8) is 0 Å². The molecule has 0 saturated heterocycles. The summed E-state index contributed by atoms with van der Waals surface area (Å²) in [5, 5.41) is 0. The normalized spacial score (nSPS) is 11.5. The van der Waals surface area contributed by atoms with Crippen molar-refractivity contribution in [2.24, 2.45) is 7.05 Å². The molecule has 0 unspecified atom stereocenters. The van der Waals surface area contributed by atoms with Crippen molar-refractivity contribution in [3.8, 4) is 5.75 Å². The first-order valence-corrected chi connectivity index (χ1v) is 7.83. The predicted octanol–water partition coefficient (Wildman–Crippen LogP) is 2.24. The van der Waals surface area contributed by atoms with Gasteiger partial charge in [-0.2, -0.15) is 0 Å². The Morgan fingerprint density at radius 1 is 1.42 bits per heavy atom. The van der Waals surface area contributed by atoms with E-state index in [1.165, 1.54) is 6.07 Å². The smallest absolute Gasteiger partial charge is 0.261 e. The topological polar surface area (TPSA) is 61.2 Å². The number of imidazole rings is 1. The van der Waals surface area contributed by atoms with Crippen molar-refractivity contribution in [3.05, 3.63) is 42.0 Å². The zero-order chi connectivity index (χ0) is 14.0. The summed E-state index contributed by atoms with van der Waals surface area (Å²) >= 11 is 0. The number of hydrogen-bond acceptors (Lipinski definition) is 4. The van der Waals surface area contributed by atoms with Gasteiger partial charge in [0.05, 0.1) is 4.90 Å². The zero-order valence-corrected chi connectivity index (χ0v) is 12.1. The van der Waals surface area contributed by atoms with Crippen LogP contribution < -0.4 is 4.74 Å². The van der Waals surface area contributed by atoms with Crippen LogP contribution in [0, 0.1) is 6.92 Å². The van der Waals surface area contributed by atoms with E-state index in [0.717, 1.165) is 5.82 Å². The van der Waals surface area contributed by atoms with Crippen LogP contribution in [0.15, 0.2) is 35.5 Å². The Labute approximate surface area is 116 Å². The van der Waals surface area contributed by atoms with Crippen molar-refractivity contribution in [2.75, 3.05) is 0 Å². The molecule has 2 rings (SSSR count). The number of hydrogen-bond donors (Lipinski definition) is 0. The van der Waals surface area contributed by atoms with E-state index in [0.29, 0.717) is 17.9 Å². The fraction of sp³-hybridized carbons (Fsp3) is 0.250. The summed E-state index contributed by atoms with van der Waals surface area (Å²) in [4.78, 5) is 4.23. The molecule has 0 fully saturated rings. The summed E-state index contributed by atoms with van der Waals surface area (Å²) in [6.45, 7) is 1.98. The van der Waals surface area contributed by atoms with E-state index >= 15 is 0 Å². The molecule has 0 spiro atoms. The second-order valence-corrected chi connectivity index (χ2v) is 6.64. The Hall–Kier alpha value is -1.53. The number of ether oxygens (including phenoxy) is 1. The minimum atomic E-state index is -3.71. The third kappa shape index (κ3) is 3.27. The van der Waals surface area contributed by atoms with Gasteiger partial charge in [0.25, 0.3) is 9.05 Å². The molecule has 19 heavy (non-hydrogen) atoms. The lowest BCUT2D eigenvalue weighted by Gasteiger charge is -2.08. The molecule has 0 N–H and O–H groups in total. The molecule has 1 heterocycles. The molecule has 0 aliphatic carbocycles. The van der Waals surface area contributed by atoms with E-state index in [9.17, 15) is 8.42 Å². The first-order chi connectivity index (χ1) is 8.88. The van der Waals surface area contributed by atoms with Gasteiger partial charge in [-0.25, -0.2) is 13.4 Å². The highest BCUT2D eigenvalue weighted by atomic mass is 35.7. The Morgan fingerprint density at radius 2 is 2.16 bits per heavy atom. The van der Waals surface area contributed by atoms with E-state index in [4.69, 9.17) is 15.4 Å². The molecule has 0 saturated carbocycles. The number of aryl methyl sites for hydroxylation is 2. The van der Waals surface area contributed by atoms with Crippen molar-refractivity contribution >= 4 is 19.7 Å². The molecule has 2 aromatic rings. The molecule has 0 bridgehead atoms. The highest BCUT2D eigenvalue weighted by Crippen LogP contribution is 2.24. The van der Waals surface area contributed by atoms with Gasteiger partial charge >= 0.3 is 0 Å². The number of nitrogens with zero attached hydrogens (tertiary/aromatic N) is 2. The predicted molar refractivity (Wildman–Crippen MR) is 71.8 cm³/mol. The van der Waals surface area contributed by atoms with Crippen LogP contribution in [0.1, 0.15) is 11.4 Å². The summed E-state index contributed by atoms with van der Waals surface area (Å²) in [7, 11) is 3.47. The molecule has 0 amide bonds. The standard InChI is InChI=1S/C12H13ClN2O3S/c1-9-7-10(3-4-11(9)19(13,16)17)18-8-12-14-5-6-15(12)2/h3-7H,8H2,1-2H3. The van der Waals surface area contributed by atoms with Crippen LogP contribution in [-0.2, 0) is 22.7 Å². The Kier molecular flexibility index (Phi) is 3.82. The summed E-state index contributed by atoms with van der Waals surface area (Å²) in [6, 6.07) is 4.65. The lowest BCUT2D eigenvalue weighted by molar-refractivity contribution is 0.291. The van der Waals surface area contributed by atoms with E-state index in [-0.39, 0.29) is 4.90 Å². The quantitative estimate of drug-likeness (QED) is 0.812. The van der Waals surface area contributed by atoms with Crippen molar-refractivity contribution in [1.82, 2.24) is 9.55 Å². The van der Waals surface area contributed by atoms with Gasteiger partial charge in [0.15, 0.2) is 0 Å². The third-order valence-electron chi connectivity index (χ3n) is 2.70. The average molecular weight is 301 g/mol. The second kappa shape index (κ2) is 5.22. The maximum Gasteiger partial charge on any atom is 0.261 e. The largest absolute Gasteiger partial charge is 0.486 e. The van der Waals surface area contributed by atoms with Gasteiger partial charge in [-0.3, -0.25) is 0 Å². The summed E-state index contributed by atoms with van der Waals surface area (Å²) in [5.41, 5.74) is 0.548. The zero-order valence-electron chi connectivity index (χ0n) is 10.5. The fourth-order valence-corrected chi connectivity index (χ4v) is 2.86. The van der Waals surface area contributed by atoms with Crippen LogP contribution in [0.25, 0.3) is 0 Å². The molecule has 0 radical (unpaired) electrons. The summed E-state index contributed by atoms with van der Waals surface area (Å²) in [5.74, 6) is 1.36. The van der Waals surface area contributed by atoms with Crippen LogP contribution in [-0.4, -0.2) is 18.0 Å². The average Bonchev–Trinajstić information content (AvgIpc) is 2.70. The Bertz CT molecular complexity index is 695. The molecule has 0 aliphatic heterocycles. The monoisotopic (exact) mass is 300 g/mol. The molecule has 1 aromatic heterocycles. The highest BCUT2D eigenvalue weighted by Gasteiger charge is 2.13. The minimum Gasteiger partial charge on any atom is -0.486 e. The van der Waals surface area contributed by atoms with Gasteiger partial charge in [0.1, 0.15) is 18.2 Å². The van der Waals surface area contributed by atoms with Crippen LogP contribution in [0.2, 0.25) is 0 Å². The van der Waals surface area contributed by atoms with Crippen molar-refractivity contribution in [2.45, 2.75) is 18.4 Å². The molecule has 1 aromatic carbocycles.